The van der Waals surface area contributed by atoms with Gasteiger partial charge in [-0.1, -0.05) is 5.16 Å². The lowest BCUT2D eigenvalue weighted by Crippen LogP contribution is -2.58. The van der Waals surface area contributed by atoms with E-state index in [0.717, 1.165) is 24.4 Å². The normalized spacial score (nSPS) is 18.0. The van der Waals surface area contributed by atoms with Crippen molar-refractivity contribution in [2.45, 2.75) is 0 Å². The number of nitrogens with one attached hydrogen (secondary N) is 2. The van der Waals surface area contributed by atoms with Gasteiger partial charge in [-0.2, -0.15) is 0 Å². The number of oxime groups is 1. The summed E-state index contributed by atoms with van der Waals surface area (Å²) in [6.45, 7) is 1.73. The van der Waals surface area contributed by atoms with E-state index in [0.29, 0.717) is 31.4 Å². The summed E-state index contributed by atoms with van der Waals surface area (Å²) in [6, 6.07) is 3.80. The Morgan fingerprint density at radius 3 is 2.59 bits per heavy atom. The van der Waals surface area contributed by atoms with Gasteiger partial charge in [-0.05, 0) is 18.2 Å². The van der Waals surface area contributed by atoms with Crippen molar-refractivity contribution in [1.82, 2.24) is 10.3 Å². The Labute approximate surface area is 190 Å². The molecule has 2 aliphatic heterocycles. The van der Waals surface area contributed by atoms with E-state index in [9.17, 15) is 23.5 Å². The molecule has 0 aliphatic carbocycles. The van der Waals surface area contributed by atoms with Gasteiger partial charge in [0, 0.05) is 43.0 Å². The summed E-state index contributed by atoms with van der Waals surface area (Å²) in [5.41, 5.74) is -1.33. The van der Waals surface area contributed by atoms with Crippen molar-refractivity contribution in [3.63, 3.8) is 0 Å². The first kappa shape index (κ1) is 22.0. The van der Waals surface area contributed by atoms with Crippen LogP contribution >= 0.6 is 0 Å². The number of carboxylic acids is 1. The molecule has 2 saturated heterocycles. The summed E-state index contributed by atoms with van der Waals surface area (Å²) < 4.78 is 44.4. The average Bonchev–Trinajstić information content (AvgIpc) is 3.13. The van der Waals surface area contributed by atoms with Crippen molar-refractivity contribution in [3.8, 4) is 11.1 Å². The van der Waals surface area contributed by atoms with E-state index in [1.165, 1.54) is 7.11 Å². The van der Waals surface area contributed by atoms with Crippen LogP contribution in [0.2, 0.25) is 0 Å². The minimum atomic E-state index is -1.48. The fourth-order valence-corrected chi connectivity index (χ4v) is 4.74. The zero-order chi connectivity index (χ0) is 24.2. The number of anilines is 1. The fourth-order valence-electron chi connectivity index (χ4n) is 4.74. The molecule has 8 nitrogen and oxygen atoms in total. The second kappa shape index (κ2) is 7.87. The molecule has 1 aromatic heterocycles. The van der Waals surface area contributed by atoms with Crippen LogP contribution in [0.4, 0.5) is 18.9 Å². The van der Waals surface area contributed by atoms with E-state index in [4.69, 9.17) is 4.84 Å². The summed E-state index contributed by atoms with van der Waals surface area (Å²) in [4.78, 5) is 33.6. The number of halogens is 3. The molecule has 0 amide bonds. The Hall–Kier alpha value is -3.86. The molecule has 34 heavy (non-hydrogen) atoms. The number of pyridine rings is 1. The quantitative estimate of drug-likeness (QED) is 0.504. The summed E-state index contributed by atoms with van der Waals surface area (Å²) in [5.74, 6) is -4.11. The number of rotatable bonds is 4. The molecule has 1 spiro atoms. The molecule has 3 aromatic rings. The molecule has 176 valence electrons. The lowest BCUT2D eigenvalue weighted by Gasteiger charge is -2.39. The summed E-state index contributed by atoms with van der Waals surface area (Å²) in [7, 11) is 1.41. The van der Waals surface area contributed by atoms with Crippen molar-refractivity contribution in [3.05, 3.63) is 63.7 Å². The Morgan fingerprint density at radius 1 is 1.21 bits per heavy atom. The Kier molecular flexibility index (Phi) is 5.08. The molecule has 0 bridgehead atoms. The molecule has 0 saturated carbocycles. The fraction of sp³-hybridized carbons (Fsp3) is 0.261. The molecule has 0 unspecified atom stereocenters. The van der Waals surface area contributed by atoms with Crippen LogP contribution in [0.1, 0.15) is 10.4 Å². The second-order valence-electron chi connectivity index (χ2n) is 8.43. The standard InChI is InChI=1S/C23H19F3N4O4/c1-34-29-17-7-30(10-23(17)8-27-9-23)20-16(26)5-13-19(28-6-14(21(13)31)22(32)33)18(20)12-3-2-11(24)4-15(12)25/h2-6,27H,7-10H2,1H3,(H,28,31)(H,32,33). The largest absolute Gasteiger partial charge is 0.477 e. The second-order valence-corrected chi connectivity index (χ2v) is 8.43. The van der Waals surface area contributed by atoms with Gasteiger partial charge in [0.05, 0.1) is 34.3 Å². The van der Waals surface area contributed by atoms with Crippen LogP contribution in [0.3, 0.4) is 0 Å². The van der Waals surface area contributed by atoms with Crippen LogP contribution in [-0.2, 0) is 4.84 Å². The molecular weight excluding hydrogens is 453 g/mol. The van der Waals surface area contributed by atoms with Crippen molar-refractivity contribution < 1.29 is 27.9 Å². The maximum absolute atomic E-state index is 15.7. The van der Waals surface area contributed by atoms with Gasteiger partial charge in [-0.3, -0.25) is 4.79 Å². The highest BCUT2D eigenvalue weighted by atomic mass is 19.1. The van der Waals surface area contributed by atoms with Crippen molar-refractivity contribution >= 4 is 28.3 Å². The maximum atomic E-state index is 15.7. The summed E-state index contributed by atoms with van der Waals surface area (Å²) in [6.07, 6.45) is 0.985. The van der Waals surface area contributed by atoms with Gasteiger partial charge in [0.2, 0.25) is 5.43 Å². The van der Waals surface area contributed by atoms with Gasteiger partial charge in [0.1, 0.15) is 30.1 Å². The molecule has 11 heteroatoms. The van der Waals surface area contributed by atoms with Crippen molar-refractivity contribution in [2.75, 3.05) is 38.2 Å². The Balaban J connectivity index is 1.81. The van der Waals surface area contributed by atoms with E-state index in [2.05, 4.69) is 15.5 Å². The van der Waals surface area contributed by atoms with Gasteiger partial charge >= 0.3 is 5.97 Å². The molecule has 2 aromatic carbocycles. The first-order valence-electron chi connectivity index (χ1n) is 10.4. The number of hydrogen-bond acceptors (Lipinski definition) is 6. The Morgan fingerprint density at radius 2 is 1.97 bits per heavy atom. The minimum Gasteiger partial charge on any atom is -0.477 e. The SMILES string of the molecule is CON=C1CN(c2c(F)cc3c(=O)c(C(=O)O)c[nH]c3c2-c2ccc(F)cc2F)CC12CNC2. The number of aromatic amines is 1. The summed E-state index contributed by atoms with van der Waals surface area (Å²) >= 11 is 0. The van der Waals surface area contributed by atoms with E-state index in [1.54, 1.807) is 4.90 Å². The molecule has 5 rings (SSSR count). The van der Waals surface area contributed by atoms with Gasteiger partial charge < -0.3 is 25.1 Å². The molecule has 0 atom stereocenters. The smallest absolute Gasteiger partial charge is 0.341 e. The van der Waals surface area contributed by atoms with E-state index >= 15 is 4.39 Å². The van der Waals surface area contributed by atoms with Crippen LogP contribution < -0.4 is 15.6 Å². The molecule has 0 radical (unpaired) electrons. The molecule has 3 N–H and O–H groups in total. The van der Waals surface area contributed by atoms with Crippen LogP contribution in [0.5, 0.6) is 0 Å². The van der Waals surface area contributed by atoms with Crippen molar-refractivity contribution in [2.24, 2.45) is 10.6 Å². The topological polar surface area (TPSA) is 107 Å². The highest BCUT2D eigenvalue weighted by molar-refractivity contribution is 6.06. The van der Waals surface area contributed by atoms with Gasteiger partial charge in [0.25, 0.3) is 0 Å². The lowest BCUT2D eigenvalue weighted by atomic mass is 9.79. The van der Waals surface area contributed by atoms with Gasteiger partial charge in [-0.15, -0.1) is 0 Å². The third-order valence-corrected chi connectivity index (χ3v) is 6.43. The number of aromatic nitrogens is 1. The first-order chi connectivity index (χ1) is 16.3. The number of nitrogens with zero attached hydrogens (tertiary/aromatic N) is 2. The first-order valence-corrected chi connectivity index (χ1v) is 10.4. The van der Waals surface area contributed by atoms with Gasteiger partial charge in [0.15, 0.2) is 0 Å². The minimum absolute atomic E-state index is 0.00990. The average molecular weight is 472 g/mol. The van der Waals surface area contributed by atoms with E-state index in [-0.39, 0.29) is 34.3 Å². The lowest BCUT2D eigenvalue weighted by molar-refractivity contribution is 0.0695. The number of carbonyl (C=O) groups is 1. The van der Waals surface area contributed by atoms with Crippen LogP contribution in [0.15, 0.2) is 40.4 Å². The zero-order valence-corrected chi connectivity index (χ0v) is 17.9. The van der Waals surface area contributed by atoms with Gasteiger partial charge in [-0.25, -0.2) is 18.0 Å². The third-order valence-electron chi connectivity index (χ3n) is 6.43. The van der Waals surface area contributed by atoms with E-state index < -0.39 is 39.8 Å². The van der Waals surface area contributed by atoms with Crippen molar-refractivity contribution in [1.29, 1.82) is 0 Å². The summed E-state index contributed by atoms with van der Waals surface area (Å²) in [5, 5.41) is 16.3. The zero-order valence-electron chi connectivity index (χ0n) is 17.9. The molecule has 2 fully saturated rings. The monoisotopic (exact) mass is 472 g/mol. The van der Waals surface area contributed by atoms with Crippen LogP contribution in [0, 0.1) is 22.9 Å². The highest BCUT2D eigenvalue weighted by Gasteiger charge is 2.50. The number of carboxylic acid groups (broad SMARTS) is 1. The highest BCUT2D eigenvalue weighted by Crippen LogP contribution is 2.43. The van der Waals surface area contributed by atoms with Crippen LogP contribution in [0.25, 0.3) is 22.0 Å². The molecule has 2 aliphatic rings. The number of fused-ring (bicyclic) bond motifs is 1. The third kappa shape index (κ3) is 3.23. The van der Waals surface area contributed by atoms with Crippen LogP contribution in [-0.4, -0.2) is 55.1 Å². The Bertz CT molecular complexity index is 1430. The van der Waals surface area contributed by atoms with E-state index in [1.807, 2.05) is 0 Å². The number of H-pyrrole nitrogens is 1. The number of aromatic carboxylic acids is 1. The predicted octanol–water partition coefficient (Wildman–Crippen LogP) is 2.72. The number of hydrogen-bond donors (Lipinski definition) is 3. The molecular formula is C23H19F3N4O4. The molecule has 3 heterocycles. The predicted molar refractivity (Wildman–Crippen MR) is 119 cm³/mol. The maximum Gasteiger partial charge on any atom is 0.341 e. The number of benzene rings is 2.